The first-order valence-corrected chi connectivity index (χ1v) is 6.70. The summed E-state index contributed by atoms with van der Waals surface area (Å²) in [5, 5.41) is 5.84. The first-order valence-electron chi connectivity index (χ1n) is 6.70. The molecule has 2 rings (SSSR count). The van der Waals surface area contributed by atoms with Gasteiger partial charge < -0.3 is 15.1 Å². The number of nitrogens with zero attached hydrogens (tertiary/aromatic N) is 1. The van der Waals surface area contributed by atoms with Gasteiger partial charge in [0, 0.05) is 12.0 Å². The van der Waals surface area contributed by atoms with Crippen LogP contribution >= 0.6 is 12.4 Å². The van der Waals surface area contributed by atoms with E-state index in [0.29, 0.717) is 18.9 Å². The quantitative estimate of drug-likeness (QED) is 0.771. The topological polar surface area (TPSA) is 67.2 Å². The van der Waals surface area contributed by atoms with Crippen molar-refractivity contribution < 1.29 is 9.21 Å². The van der Waals surface area contributed by atoms with E-state index in [0.717, 1.165) is 24.2 Å². The van der Waals surface area contributed by atoms with Crippen LogP contribution in [0.3, 0.4) is 0 Å². The Bertz CT molecular complexity index is 543. The number of carbonyl (C=O) groups excluding carboxylic acids is 1. The molecule has 2 N–H and O–H groups in total. The third kappa shape index (κ3) is 5.57. The standard InChI is InChI=1S/C15H19N3O2.ClH/c1-16-9-5-8-14(19)17-10-13-11-20-15(18-13)12-6-3-2-4-7-12;/h2-4,6-7,11,16H,5,8-10H2,1H3,(H,17,19);1H. The van der Waals surface area contributed by atoms with E-state index < -0.39 is 0 Å². The summed E-state index contributed by atoms with van der Waals surface area (Å²) in [5.41, 5.74) is 1.66. The van der Waals surface area contributed by atoms with E-state index in [1.165, 1.54) is 0 Å². The molecule has 2 aromatic rings. The highest BCUT2D eigenvalue weighted by Gasteiger charge is 2.07. The number of nitrogens with one attached hydrogen (secondary N) is 2. The molecule has 0 aliphatic rings. The van der Waals surface area contributed by atoms with Crippen LogP contribution in [0.2, 0.25) is 0 Å². The van der Waals surface area contributed by atoms with E-state index in [4.69, 9.17) is 4.42 Å². The minimum Gasteiger partial charge on any atom is -0.444 e. The fourth-order valence-electron chi connectivity index (χ4n) is 1.80. The van der Waals surface area contributed by atoms with Crippen molar-refractivity contribution in [3.05, 3.63) is 42.3 Å². The van der Waals surface area contributed by atoms with Crippen LogP contribution in [0.4, 0.5) is 0 Å². The van der Waals surface area contributed by atoms with Gasteiger partial charge in [0.15, 0.2) is 0 Å². The average molecular weight is 310 g/mol. The molecular weight excluding hydrogens is 290 g/mol. The number of oxazole rings is 1. The summed E-state index contributed by atoms with van der Waals surface area (Å²) in [6.07, 6.45) is 2.93. The number of rotatable bonds is 7. The number of aromatic nitrogens is 1. The summed E-state index contributed by atoms with van der Waals surface area (Å²) in [6.45, 7) is 1.24. The molecule has 21 heavy (non-hydrogen) atoms. The number of hydrogen-bond acceptors (Lipinski definition) is 4. The lowest BCUT2D eigenvalue weighted by atomic mass is 10.2. The van der Waals surface area contributed by atoms with Crippen LogP contribution in [0.5, 0.6) is 0 Å². The second kappa shape index (κ2) is 9.15. The maximum Gasteiger partial charge on any atom is 0.226 e. The molecular formula is C15H20ClN3O2. The molecule has 114 valence electrons. The summed E-state index contributed by atoms with van der Waals surface area (Å²) in [6, 6.07) is 9.68. The van der Waals surface area contributed by atoms with E-state index in [9.17, 15) is 4.79 Å². The number of benzene rings is 1. The first kappa shape index (κ1) is 17.2. The van der Waals surface area contributed by atoms with Gasteiger partial charge in [0.2, 0.25) is 11.8 Å². The van der Waals surface area contributed by atoms with Gasteiger partial charge in [0.25, 0.3) is 0 Å². The molecule has 0 saturated heterocycles. The Morgan fingerprint density at radius 1 is 1.29 bits per heavy atom. The van der Waals surface area contributed by atoms with Crippen molar-refractivity contribution in [2.24, 2.45) is 0 Å². The Hall–Kier alpha value is -1.85. The van der Waals surface area contributed by atoms with E-state index in [-0.39, 0.29) is 18.3 Å². The SMILES string of the molecule is CNCCCC(=O)NCc1coc(-c2ccccc2)n1.Cl. The molecule has 1 heterocycles. The molecule has 0 saturated carbocycles. The number of halogens is 1. The van der Waals surface area contributed by atoms with E-state index in [2.05, 4.69) is 15.6 Å². The fourth-order valence-corrected chi connectivity index (χ4v) is 1.80. The first-order chi connectivity index (χ1) is 9.79. The zero-order chi connectivity index (χ0) is 14.2. The van der Waals surface area contributed by atoms with E-state index in [1.54, 1.807) is 6.26 Å². The van der Waals surface area contributed by atoms with Gasteiger partial charge in [-0.3, -0.25) is 4.79 Å². The zero-order valence-corrected chi connectivity index (χ0v) is 12.8. The fraction of sp³-hybridized carbons (Fsp3) is 0.333. The lowest BCUT2D eigenvalue weighted by Gasteiger charge is -2.02. The van der Waals surface area contributed by atoms with Crippen molar-refractivity contribution in [2.75, 3.05) is 13.6 Å². The van der Waals surface area contributed by atoms with Crippen LogP contribution in [0.1, 0.15) is 18.5 Å². The maximum absolute atomic E-state index is 11.6. The lowest BCUT2D eigenvalue weighted by molar-refractivity contribution is -0.121. The Morgan fingerprint density at radius 3 is 2.76 bits per heavy atom. The van der Waals surface area contributed by atoms with Gasteiger partial charge in [-0.1, -0.05) is 18.2 Å². The molecule has 0 aliphatic carbocycles. The number of amides is 1. The molecule has 5 nitrogen and oxygen atoms in total. The molecule has 1 aromatic heterocycles. The molecule has 0 bridgehead atoms. The smallest absolute Gasteiger partial charge is 0.226 e. The second-order valence-electron chi connectivity index (χ2n) is 4.49. The monoisotopic (exact) mass is 309 g/mol. The minimum atomic E-state index is 0. The van der Waals surface area contributed by atoms with Crippen molar-refractivity contribution in [1.82, 2.24) is 15.6 Å². The molecule has 0 aliphatic heterocycles. The Kier molecular flexibility index (Phi) is 7.50. The van der Waals surface area contributed by atoms with Gasteiger partial charge in [-0.05, 0) is 32.1 Å². The highest BCUT2D eigenvalue weighted by molar-refractivity contribution is 5.85. The van der Waals surface area contributed by atoms with Gasteiger partial charge in [0.05, 0.1) is 12.2 Å². The van der Waals surface area contributed by atoms with Gasteiger partial charge >= 0.3 is 0 Å². The highest BCUT2D eigenvalue weighted by atomic mass is 35.5. The maximum atomic E-state index is 11.6. The van der Waals surface area contributed by atoms with E-state index in [1.807, 2.05) is 37.4 Å². The zero-order valence-electron chi connectivity index (χ0n) is 12.0. The predicted octanol–water partition coefficient (Wildman–Crippen LogP) is 2.38. The molecule has 0 fully saturated rings. The van der Waals surface area contributed by atoms with Crippen LogP contribution in [-0.4, -0.2) is 24.5 Å². The largest absolute Gasteiger partial charge is 0.444 e. The molecule has 6 heteroatoms. The Morgan fingerprint density at radius 2 is 2.05 bits per heavy atom. The molecule has 0 spiro atoms. The van der Waals surface area contributed by atoms with Crippen molar-refractivity contribution >= 4 is 18.3 Å². The summed E-state index contributed by atoms with van der Waals surface area (Å²) in [4.78, 5) is 15.9. The van der Waals surface area contributed by atoms with Gasteiger partial charge in [0.1, 0.15) is 6.26 Å². The van der Waals surface area contributed by atoms with Crippen LogP contribution < -0.4 is 10.6 Å². The third-order valence-electron chi connectivity index (χ3n) is 2.87. The summed E-state index contributed by atoms with van der Waals surface area (Å²) < 4.78 is 5.41. The number of carbonyl (C=O) groups is 1. The van der Waals surface area contributed by atoms with Gasteiger partial charge in [-0.2, -0.15) is 0 Å². The van der Waals surface area contributed by atoms with E-state index >= 15 is 0 Å². The van der Waals surface area contributed by atoms with Crippen LogP contribution in [0.25, 0.3) is 11.5 Å². The normalized spacial score (nSPS) is 9.95. The Labute approximate surface area is 130 Å². The molecule has 0 radical (unpaired) electrons. The molecule has 0 atom stereocenters. The number of hydrogen-bond donors (Lipinski definition) is 2. The van der Waals surface area contributed by atoms with Crippen molar-refractivity contribution in [3.8, 4) is 11.5 Å². The van der Waals surface area contributed by atoms with Crippen LogP contribution in [0.15, 0.2) is 41.0 Å². The summed E-state index contributed by atoms with van der Waals surface area (Å²) in [5.74, 6) is 0.606. The molecule has 1 amide bonds. The van der Waals surface area contributed by atoms with Crippen molar-refractivity contribution in [1.29, 1.82) is 0 Å². The molecule has 1 aromatic carbocycles. The highest BCUT2D eigenvalue weighted by Crippen LogP contribution is 2.17. The third-order valence-corrected chi connectivity index (χ3v) is 2.87. The van der Waals surface area contributed by atoms with Crippen molar-refractivity contribution in [2.45, 2.75) is 19.4 Å². The Balaban J connectivity index is 0.00000220. The van der Waals surface area contributed by atoms with Gasteiger partial charge in [-0.15, -0.1) is 12.4 Å². The van der Waals surface area contributed by atoms with Crippen LogP contribution in [0, 0.1) is 0 Å². The predicted molar refractivity (Wildman–Crippen MR) is 84.2 cm³/mol. The van der Waals surface area contributed by atoms with Gasteiger partial charge in [-0.25, -0.2) is 4.98 Å². The lowest BCUT2D eigenvalue weighted by Crippen LogP contribution is -2.23. The average Bonchev–Trinajstić information content (AvgIpc) is 2.95. The summed E-state index contributed by atoms with van der Waals surface area (Å²) >= 11 is 0. The minimum absolute atomic E-state index is 0. The molecule has 0 unspecified atom stereocenters. The second-order valence-corrected chi connectivity index (χ2v) is 4.49. The van der Waals surface area contributed by atoms with Crippen molar-refractivity contribution in [3.63, 3.8) is 0 Å². The summed E-state index contributed by atoms with van der Waals surface area (Å²) in [7, 11) is 1.87. The van der Waals surface area contributed by atoms with Crippen LogP contribution in [-0.2, 0) is 11.3 Å².